The maximum absolute atomic E-state index is 12.3. The van der Waals surface area contributed by atoms with E-state index in [-0.39, 0.29) is 17.7 Å². The number of carbonyl (C=O) groups excluding carboxylic acids is 2. The molecule has 0 heterocycles. The van der Waals surface area contributed by atoms with E-state index < -0.39 is 0 Å². The highest BCUT2D eigenvalue weighted by Crippen LogP contribution is 2.30. The Hall–Kier alpha value is -2.10. The lowest BCUT2D eigenvalue weighted by atomic mass is 9.97. The quantitative estimate of drug-likeness (QED) is 0.777. The molecule has 0 unspecified atom stereocenters. The van der Waals surface area contributed by atoms with E-state index in [1.165, 1.54) is 24.8 Å². The summed E-state index contributed by atoms with van der Waals surface area (Å²) in [4.78, 5) is 24.3. The van der Waals surface area contributed by atoms with Crippen molar-refractivity contribution in [2.24, 2.45) is 5.92 Å². The van der Waals surface area contributed by atoms with Crippen molar-refractivity contribution in [3.05, 3.63) is 41.0 Å². The molecule has 2 aliphatic carbocycles. The summed E-state index contributed by atoms with van der Waals surface area (Å²) in [6.45, 7) is 2.61. The van der Waals surface area contributed by atoms with Gasteiger partial charge in [0.25, 0.3) is 5.91 Å². The van der Waals surface area contributed by atoms with Gasteiger partial charge in [0.2, 0.25) is 5.91 Å². The molecule has 2 N–H and O–H groups in total. The SMILES string of the molecule is Cc1ccc(C(=O)NCCC2=CCCCC2)cc1NC(=O)C1CC1. The first-order chi connectivity index (χ1) is 11.6. The predicted molar refractivity (Wildman–Crippen MR) is 96.0 cm³/mol. The summed E-state index contributed by atoms with van der Waals surface area (Å²) < 4.78 is 0. The molecule has 2 amide bonds. The average molecular weight is 326 g/mol. The lowest BCUT2D eigenvalue weighted by molar-refractivity contribution is -0.117. The number of benzene rings is 1. The Morgan fingerprint density at radius 2 is 2.04 bits per heavy atom. The Labute approximate surface area is 143 Å². The summed E-state index contributed by atoms with van der Waals surface area (Å²) in [6.07, 6.45) is 10.1. The predicted octanol–water partition coefficient (Wildman–Crippen LogP) is 3.96. The van der Waals surface area contributed by atoms with Crippen molar-refractivity contribution < 1.29 is 9.59 Å². The number of nitrogens with one attached hydrogen (secondary N) is 2. The zero-order chi connectivity index (χ0) is 16.9. The fraction of sp³-hybridized carbons (Fsp3) is 0.500. The smallest absolute Gasteiger partial charge is 0.251 e. The summed E-state index contributed by atoms with van der Waals surface area (Å²) in [5.41, 5.74) is 3.79. The van der Waals surface area contributed by atoms with Crippen molar-refractivity contribution in [3.8, 4) is 0 Å². The minimum atomic E-state index is -0.0756. The molecule has 4 nitrogen and oxygen atoms in total. The number of hydrogen-bond donors (Lipinski definition) is 2. The fourth-order valence-electron chi connectivity index (χ4n) is 3.05. The van der Waals surface area contributed by atoms with E-state index in [0.29, 0.717) is 12.1 Å². The summed E-state index contributed by atoms with van der Waals surface area (Å²) in [7, 11) is 0. The summed E-state index contributed by atoms with van der Waals surface area (Å²) in [6, 6.07) is 5.49. The lowest BCUT2D eigenvalue weighted by Crippen LogP contribution is -2.25. The van der Waals surface area contributed by atoms with Gasteiger partial charge in [-0.05, 0) is 69.6 Å². The van der Waals surface area contributed by atoms with E-state index in [1.54, 1.807) is 6.07 Å². The third-order valence-corrected chi connectivity index (χ3v) is 4.82. The highest BCUT2D eigenvalue weighted by atomic mass is 16.2. The highest BCUT2D eigenvalue weighted by Gasteiger charge is 2.29. The highest BCUT2D eigenvalue weighted by molar-refractivity contribution is 5.98. The van der Waals surface area contributed by atoms with E-state index >= 15 is 0 Å². The van der Waals surface area contributed by atoms with E-state index in [0.717, 1.165) is 36.9 Å². The first kappa shape index (κ1) is 16.7. The van der Waals surface area contributed by atoms with Crippen molar-refractivity contribution in [3.63, 3.8) is 0 Å². The van der Waals surface area contributed by atoms with Gasteiger partial charge in [-0.15, -0.1) is 0 Å². The zero-order valence-corrected chi connectivity index (χ0v) is 14.4. The van der Waals surface area contributed by atoms with Gasteiger partial charge in [-0.25, -0.2) is 0 Å². The molecule has 0 aromatic heterocycles. The number of anilines is 1. The van der Waals surface area contributed by atoms with Crippen LogP contribution in [0.25, 0.3) is 0 Å². The molecule has 3 rings (SSSR count). The van der Waals surface area contributed by atoms with Gasteiger partial charge in [0.15, 0.2) is 0 Å². The van der Waals surface area contributed by atoms with Gasteiger partial charge in [0, 0.05) is 23.7 Å². The van der Waals surface area contributed by atoms with Crippen molar-refractivity contribution in [2.45, 2.75) is 51.9 Å². The molecule has 0 radical (unpaired) electrons. The van der Waals surface area contributed by atoms with Crippen LogP contribution in [0.4, 0.5) is 5.69 Å². The maximum Gasteiger partial charge on any atom is 0.251 e. The molecule has 0 saturated heterocycles. The second-order valence-electron chi connectivity index (χ2n) is 6.91. The second kappa shape index (κ2) is 7.65. The fourth-order valence-corrected chi connectivity index (χ4v) is 3.05. The molecule has 2 aliphatic rings. The van der Waals surface area contributed by atoms with Crippen LogP contribution in [0.3, 0.4) is 0 Å². The molecule has 1 saturated carbocycles. The van der Waals surface area contributed by atoms with Crippen LogP contribution in [-0.2, 0) is 4.79 Å². The molecular formula is C20H26N2O2. The van der Waals surface area contributed by atoms with Crippen LogP contribution in [0.1, 0.15) is 60.9 Å². The molecule has 4 heteroatoms. The molecule has 1 fully saturated rings. The molecule has 0 atom stereocenters. The molecule has 0 spiro atoms. The summed E-state index contributed by atoms with van der Waals surface area (Å²) in [5.74, 6) is 0.152. The number of carbonyl (C=O) groups is 2. The van der Waals surface area contributed by atoms with E-state index in [4.69, 9.17) is 0 Å². The van der Waals surface area contributed by atoms with Crippen LogP contribution < -0.4 is 10.6 Å². The molecular weight excluding hydrogens is 300 g/mol. The first-order valence-corrected chi connectivity index (χ1v) is 9.01. The van der Waals surface area contributed by atoms with Crippen molar-refractivity contribution >= 4 is 17.5 Å². The van der Waals surface area contributed by atoms with Gasteiger partial charge >= 0.3 is 0 Å². The number of aryl methyl sites for hydroxylation is 1. The van der Waals surface area contributed by atoms with Crippen LogP contribution in [0.5, 0.6) is 0 Å². The van der Waals surface area contributed by atoms with Crippen molar-refractivity contribution in [1.82, 2.24) is 5.32 Å². The zero-order valence-electron chi connectivity index (χ0n) is 14.4. The van der Waals surface area contributed by atoms with Crippen LogP contribution in [-0.4, -0.2) is 18.4 Å². The van der Waals surface area contributed by atoms with Gasteiger partial charge < -0.3 is 10.6 Å². The molecule has 1 aromatic rings. The Kier molecular flexibility index (Phi) is 5.34. The molecule has 0 bridgehead atoms. The maximum atomic E-state index is 12.3. The minimum absolute atomic E-state index is 0.0693. The van der Waals surface area contributed by atoms with Crippen molar-refractivity contribution in [2.75, 3.05) is 11.9 Å². The third-order valence-electron chi connectivity index (χ3n) is 4.82. The Morgan fingerprint density at radius 3 is 2.75 bits per heavy atom. The molecule has 0 aliphatic heterocycles. The number of amides is 2. The summed E-state index contributed by atoms with van der Waals surface area (Å²) in [5, 5.41) is 5.94. The van der Waals surface area contributed by atoms with Gasteiger partial charge in [-0.2, -0.15) is 0 Å². The van der Waals surface area contributed by atoms with Crippen molar-refractivity contribution in [1.29, 1.82) is 0 Å². The van der Waals surface area contributed by atoms with Crippen LogP contribution in [0.15, 0.2) is 29.8 Å². The van der Waals surface area contributed by atoms with E-state index in [2.05, 4.69) is 16.7 Å². The topological polar surface area (TPSA) is 58.2 Å². The first-order valence-electron chi connectivity index (χ1n) is 9.01. The lowest BCUT2D eigenvalue weighted by Gasteiger charge is -2.13. The molecule has 1 aromatic carbocycles. The standard InChI is InChI=1S/C20H26N2O2/c1-14-7-8-17(13-18(14)22-20(24)16-9-10-16)19(23)21-12-11-15-5-3-2-4-6-15/h5,7-8,13,16H,2-4,6,9-12H2,1H3,(H,21,23)(H,22,24). The monoisotopic (exact) mass is 326 g/mol. The van der Waals surface area contributed by atoms with Gasteiger partial charge in [0.1, 0.15) is 0 Å². The normalized spacial score (nSPS) is 17.1. The Bertz CT molecular complexity index is 660. The number of hydrogen-bond acceptors (Lipinski definition) is 2. The Balaban J connectivity index is 1.55. The van der Waals surface area contributed by atoms with E-state index in [9.17, 15) is 9.59 Å². The molecule has 128 valence electrons. The molecule has 24 heavy (non-hydrogen) atoms. The van der Waals surface area contributed by atoms with Crippen LogP contribution >= 0.6 is 0 Å². The van der Waals surface area contributed by atoms with Crippen LogP contribution in [0.2, 0.25) is 0 Å². The Morgan fingerprint density at radius 1 is 1.21 bits per heavy atom. The second-order valence-corrected chi connectivity index (χ2v) is 6.91. The summed E-state index contributed by atoms with van der Waals surface area (Å²) >= 11 is 0. The average Bonchev–Trinajstić information content (AvgIpc) is 3.43. The van der Waals surface area contributed by atoms with Gasteiger partial charge in [-0.3, -0.25) is 9.59 Å². The number of allylic oxidation sites excluding steroid dienone is 1. The number of rotatable bonds is 6. The largest absolute Gasteiger partial charge is 0.352 e. The van der Waals surface area contributed by atoms with Crippen LogP contribution in [0, 0.1) is 12.8 Å². The van der Waals surface area contributed by atoms with Gasteiger partial charge in [0.05, 0.1) is 0 Å². The van der Waals surface area contributed by atoms with Gasteiger partial charge in [-0.1, -0.05) is 17.7 Å². The van der Waals surface area contributed by atoms with E-state index in [1.807, 2.05) is 19.1 Å². The third kappa shape index (κ3) is 4.47. The minimum Gasteiger partial charge on any atom is -0.352 e.